The van der Waals surface area contributed by atoms with Crippen molar-refractivity contribution in [2.24, 2.45) is 5.16 Å². The van der Waals surface area contributed by atoms with Crippen molar-refractivity contribution in [1.29, 1.82) is 0 Å². The van der Waals surface area contributed by atoms with E-state index in [0.717, 1.165) is 0 Å². The topological polar surface area (TPSA) is 21.6 Å². The smallest absolute Gasteiger partial charge is 0.142 e. The van der Waals surface area contributed by atoms with Gasteiger partial charge in [-0.1, -0.05) is 29.4 Å². The van der Waals surface area contributed by atoms with Crippen molar-refractivity contribution in [3.8, 4) is 0 Å². The zero-order valence-electron chi connectivity index (χ0n) is 11.4. The fraction of sp³-hybridized carbons (Fsp3) is 0.188. The molecule has 0 atom stereocenters. The lowest BCUT2D eigenvalue weighted by molar-refractivity contribution is 0.130. The first-order chi connectivity index (χ1) is 9.56. The molecular weight excluding hydrogens is 260 g/mol. The second kappa shape index (κ2) is 6.28. The van der Waals surface area contributed by atoms with Gasteiger partial charge in [-0.25, -0.2) is 8.78 Å². The van der Waals surface area contributed by atoms with E-state index in [0.29, 0.717) is 22.4 Å². The minimum absolute atomic E-state index is 0.170. The molecule has 0 aliphatic carbocycles. The summed E-state index contributed by atoms with van der Waals surface area (Å²) in [6.07, 6.45) is 0. The number of benzene rings is 2. The van der Waals surface area contributed by atoms with E-state index in [4.69, 9.17) is 4.84 Å². The molecule has 0 unspecified atom stereocenters. The Labute approximate surface area is 116 Å². The van der Waals surface area contributed by atoms with Crippen LogP contribution in [-0.2, 0) is 11.4 Å². The van der Waals surface area contributed by atoms with Crippen LogP contribution in [0.15, 0.2) is 47.6 Å². The van der Waals surface area contributed by atoms with Gasteiger partial charge in [0.05, 0.1) is 5.71 Å². The van der Waals surface area contributed by atoms with Gasteiger partial charge < -0.3 is 4.84 Å². The molecule has 0 fully saturated rings. The summed E-state index contributed by atoms with van der Waals surface area (Å²) in [6.45, 7) is 3.60. The third kappa shape index (κ3) is 3.63. The molecule has 4 heteroatoms. The summed E-state index contributed by atoms with van der Waals surface area (Å²) in [5, 5.41) is 3.92. The van der Waals surface area contributed by atoms with E-state index in [1.165, 1.54) is 18.2 Å². The largest absolute Gasteiger partial charge is 0.391 e. The van der Waals surface area contributed by atoms with Crippen LogP contribution in [0.5, 0.6) is 0 Å². The molecule has 0 spiro atoms. The minimum Gasteiger partial charge on any atom is -0.391 e. The van der Waals surface area contributed by atoms with Gasteiger partial charge in [-0.2, -0.15) is 0 Å². The standard InChI is InChI=1S/C16H15F2NO/c1-11-6-7-14(9-16(11)18)12(2)19-20-10-13-4-3-5-15(17)8-13/h3-9H,10H2,1-2H3/b19-12+. The van der Waals surface area contributed by atoms with Gasteiger partial charge in [-0.05, 0) is 43.2 Å². The average Bonchev–Trinajstić information content (AvgIpc) is 2.42. The SMILES string of the molecule is C/C(=N\OCc1cccc(F)c1)c1ccc(C)c(F)c1. The molecule has 2 nitrogen and oxygen atoms in total. The van der Waals surface area contributed by atoms with Crippen LogP contribution in [0.3, 0.4) is 0 Å². The summed E-state index contributed by atoms with van der Waals surface area (Å²) in [7, 11) is 0. The van der Waals surface area contributed by atoms with E-state index in [-0.39, 0.29) is 18.2 Å². The zero-order chi connectivity index (χ0) is 14.5. The molecule has 20 heavy (non-hydrogen) atoms. The van der Waals surface area contributed by atoms with Crippen LogP contribution < -0.4 is 0 Å². The summed E-state index contributed by atoms with van der Waals surface area (Å²) in [5.41, 5.74) is 2.51. The first kappa shape index (κ1) is 14.2. The minimum atomic E-state index is -0.313. The van der Waals surface area contributed by atoms with Gasteiger partial charge in [0.15, 0.2) is 0 Å². The second-order valence-electron chi connectivity index (χ2n) is 4.54. The van der Waals surface area contributed by atoms with Gasteiger partial charge in [0.2, 0.25) is 0 Å². The van der Waals surface area contributed by atoms with Gasteiger partial charge >= 0.3 is 0 Å². The van der Waals surface area contributed by atoms with E-state index in [1.807, 2.05) is 0 Å². The van der Waals surface area contributed by atoms with Crippen molar-refractivity contribution in [2.75, 3.05) is 0 Å². The Hall–Kier alpha value is -2.23. The third-order valence-corrected chi connectivity index (χ3v) is 2.91. The molecule has 2 aromatic carbocycles. The molecule has 0 aliphatic rings. The van der Waals surface area contributed by atoms with Gasteiger partial charge in [0.25, 0.3) is 0 Å². The summed E-state index contributed by atoms with van der Waals surface area (Å²) >= 11 is 0. The number of aryl methyl sites for hydroxylation is 1. The lowest BCUT2D eigenvalue weighted by atomic mass is 10.1. The van der Waals surface area contributed by atoms with Gasteiger partial charge in [0.1, 0.15) is 18.2 Å². The van der Waals surface area contributed by atoms with Crippen molar-refractivity contribution in [3.05, 3.63) is 70.8 Å². The highest BCUT2D eigenvalue weighted by Crippen LogP contribution is 2.11. The van der Waals surface area contributed by atoms with Crippen LogP contribution in [0.4, 0.5) is 8.78 Å². The maximum atomic E-state index is 13.4. The molecule has 0 radical (unpaired) electrons. The van der Waals surface area contributed by atoms with Crippen molar-refractivity contribution < 1.29 is 13.6 Å². The van der Waals surface area contributed by atoms with Crippen LogP contribution in [0.1, 0.15) is 23.6 Å². The molecule has 0 heterocycles. The van der Waals surface area contributed by atoms with E-state index in [1.54, 1.807) is 38.1 Å². The van der Waals surface area contributed by atoms with Crippen LogP contribution in [0.2, 0.25) is 0 Å². The molecule has 0 saturated heterocycles. The number of halogens is 2. The molecule has 0 aliphatic heterocycles. The first-order valence-corrected chi connectivity index (χ1v) is 6.24. The maximum absolute atomic E-state index is 13.4. The zero-order valence-corrected chi connectivity index (χ0v) is 11.4. The van der Waals surface area contributed by atoms with E-state index < -0.39 is 0 Å². The normalized spacial score (nSPS) is 11.5. The molecule has 0 saturated carbocycles. The van der Waals surface area contributed by atoms with Gasteiger partial charge in [-0.3, -0.25) is 0 Å². The quantitative estimate of drug-likeness (QED) is 0.605. The van der Waals surface area contributed by atoms with Crippen molar-refractivity contribution in [3.63, 3.8) is 0 Å². The molecule has 104 valence electrons. The lowest BCUT2D eigenvalue weighted by Crippen LogP contribution is -1.98. The highest BCUT2D eigenvalue weighted by molar-refractivity contribution is 5.98. The Morgan fingerprint density at radius 2 is 1.95 bits per heavy atom. The van der Waals surface area contributed by atoms with Crippen molar-refractivity contribution in [1.82, 2.24) is 0 Å². The molecule has 2 aromatic rings. The summed E-state index contributed by atoms with van der Waals surface area (Å²) in [6, 6.07) is 11.0. The maximum Gasteiger partial charge on any atom is 0.142 e. The Bertz CT molecular complexity index is 638. The summed E-state index contributed by atoms with van der Waals surface area (Å²) in [5.74, 6) is -0.588. The number of nitrogens with zero attached hydrogens (tertiary/aromatic N) is 1. The molecule has 0 amide bonds. The monoisotopic (exact) mass is 275 g/mol. The first-order valence-electron chi connectivity index (χ1n) is 6.24. The van der Waals surface area contributed by atoms with Crippen LogP contribution in [0.25, 0.3) is 0 Å². The Morgan fingerprint density at radius 1 is 1.15 bits per heavy atom. The number of rotatable bonds is 4. The number of hydrogen-bond acceptors (Lipinski definition) is 2. The third-order valence-electron chi connectivity index (χ3n) is 2.91. The molecule has 0 bridgehead atoms. The molecule has 2 rings (SSSR count). The molecule has 0 N–H and O–H groups in total. The van der Waals surface area contributed by atoms with Crippen molar-refractivity contribution >= 4 is 5.71 Å². The Kier molecular flexibility index (Phi) is 4.45. The molecule has 0 aromatic heterocycles. The second-order valence-corrected chi connectivity index (χ2v) is 4.54. The van der Waals surface area contributed by atoms with Crippen LogP contribution in [-0.4, -0.2) is 5.71 Å². The average molecular weight is 275 g/mol. The van der Waals surface area contributed by atoms with Gasteiger partial charge in [0, 0.05) is 5.56 Å². The highest BCUT2D eigenvalue weighted by atomic mass is 19.1. The van der Waals surface area contributed by atoms with Gasteiger partial charge in [-0.15, -0.1) is 0 Å². The Morgan fingerprint density at radius 3 is 2.65 bits per heavy atom. The van der Waals surface area contributed by atoms with E-state index in [2.05, 4.69) is 5.16 Å². The van der Waals surface area contributed by atoms with Crippen LogP contribution >= 0.6 is 0 Å². The Balaban J connectivity index is 2.02. The van der Waals surface area contributed by atoms with Crippen molar-refractivity contribution in [2.45, 2.75) is 20.5 Å². The fourth-order valence-corrected chi connectivity index (χ4v) is 1.70. The summed E-state index contributed by atoms with van der Waals surface area (Å²) in [4.78, 5) is 5.16. The summed E-state index contributed by atoms with van der Waals surface area (Å²) < 4.78 is 26.4. The predicted molar refractivity (Wildman–Crippen MR) is 74.5 cm³/mol. The lowest BCUT2D eigenvalue weighted by Gasteiger charge is -2.04. The number of oxime groups is 1. The van der Waals surface area contributed by atoms with Crippen LogP contribution in [0, 0.1) is 18.6 Å². The van der Waals surface area contributed by atoms with E-state index in [9.17, 15) is 8.78 Å². The molecular formula is C16H15F2NO. The highest BCUT2D eigenvalue weighted by Gasteiger charge is 2.03. The fourth-order valence-electron chi connectivity index (χ4n) is 1.70. The van der Waals surface area contributed by atoms with E-state index >= 15 is 0 Å². The predicted octanol–water partition coefficient (Wildman–Crippen LogP) is 4.21. The number of hydrogen-bond donors (Lipinski definition) is 0.